The van der Waals surface area contributed by atoms with Crippen LogP contribution >= 0.6 is 31.9 Å². The van der Waals surface area contributed by atoms with E-state index < -0.39 is 0 Å². The van der Waals surface area contributed by atoms with Gasteiger partial charge >= 0.3 is 0 Å². The summed E-state index contributed by atoms with van der Waals surface area (Å²) in [5, 5.41) is 23.1. The molecule has 0 radical (unpaired) electrons. The summed E-state index contributed by atoms with van der Waals surface area (Å²) in [7, 11) is 0. The van der Waals surface area contributed by atoms with E-state index in [1.807, 2.05) is 0 Å². The van der Waals surface area contributed by atoms with Gasteiger partial charge in [-0.25, -0.2) is 15.0 Å². The van der Waals surface area contributed by atoms with Gasteiger partial charge in [0.2, 0.25) is 0 Å². The van der Waals surface area contributed by atoms with E-state index in [-0.39, 0.29) is 18.0 Å². The minimum atomic E-state index is -0.0319. The van der Waals surface area contributed by atoms with Gasteiger partial charge in [-0.15, -0.1) is 0 Å². The molecule has 1 aromatic carbocycles. The molecule has 0 unspecified atom stereocenters. The lowest BCUT2D eigenvalue weighted by Gasteiger charge is -2.12. The molecule has 9 heteroatoms. The number of H-pyrrole nitrogens is 1. The minimum Gasteiger partial charge on any atom is -0.506 e. The van der Waals surface area contributed by atoms with Crippen LogP contribution in [0.5, 0.6) is 11.5 Å². The quantitative estimate of drug-likeness (QED) is 0.525. The molecule has 0 fully saturated rings. The average molecular weight is 415 g/mol. The van der Waals surface area contributed by atoms with Gasteiger partial charge < -0.3 is 20.5 Å². The maximum atomic E-state index is 10.0. The normalized spacial score (nSPS) is 11.0. The summed E-state index contributed by atoms with van der Waals surface area (Å²) in [6.45, 7) is 0.175. The van der Waals surface area contributed by atoms with Crippen molar-refractivity contribution in [3.63, 3.8) is 0 Å². The summed E-state index contributed by atoms with van der Waals surface area (Å²) in [6, 6.07) is 1.57. The third-order valence-corrected chi connectivity index (χ3v) is 4.14. The van der Waals surface area contributed by atoms with E-state index in [9.17, 15) is 10.2 Å². The summed E-state index contributed by atoms with van der Waals surface area (Å²) in [5.41, 5.74) is 1.54. The number of anilines is 1. The van der Waals surface area contributed by atoms with Gasteiger partial charge in [-0.2, -0.15) is 0 Å². The monoisotopic (exact) mass is 413 g/mol. The number of phenols is 2. The molecule has 0 aliphatic heterocycles. The Morgan fingerprint density at radius 2 is 1.81 bits per heavy atom. The number of halogens is 2. The minimum absolute atomic E-state index is 0.0319. The second kappa shape index (κ2) is 5.49. The predicted molar refractivity (Wildman–Crippen MR) is 84.2 cm³/mol. The number of benzene rings is 1. The first kappa shape index (κ1) is 14.1. The number of hydrogen-bond acceptors (Lipinski definition) is 6. The first-order valence-electron chi connectivity index (χ1n) is 5.84. The van der Waals surface area contributed by atoms with Crippen LogP contribution in [0.2, 0.25) is 0 Å². The van der Waals surface area contributed by atoms with E-state index in [0.717, 1.165) is 0 Å². The van der Waals surface area contributed by atoms with Crippen molar-refractivity contribution in [3.8, 4) is 11.5 Å². The molecule has 0 saturated carbocycles. The largest absolute Gasteiger partial charge is 0.506 e. The number of phenolic OH excluding ortho intramolecular Hbond substituents is 2. The number of aromatic amines is 1. The summed E-state index contributed by atoms with van der Waals surface area (Å²) in [6.07, 6.45) is 2.93. The summed E-state index contributed by atoms with van der Waals surface area (Å²) < 4.78 is 0.966. The van der Waals surface area contributed by atoms with Gasteiger partial charge in [-0.05, 0) is 37.9 Å². The van der Waals surface area contributed by atoms with Crippen molar-refractivity contribution < 1.29 is 10.2 Å². The smallest absolute Gasteiger partial charge is 0.162 e. The van der Waals surface area contributed by atoms with Crippen LogP contribution in [-0.4, -0.2) is 30.1 Å². The molecule has 21 heavy (non-hydrogen) atoms. The van der Waals surface area contributed by atoms with Crippen LogP contribution in [0.3, 0.4) is 0 Å². The van der Waals surface area contributed by atoms with Crippen molar-refractivity contribution in [1.29, 1.82) is 0 Å². The van der Waals surface area contributed by atoms with Gasteiger partial charge in [0.15, 0.2) is 11.5 Å². The zero-order valence-electron chi connectivity index (χ0n) is 10.4. The van der Waals surface area contributed by atoms with Gasteiger partial charge in [-0.1, -0.05) is 0 Å². The highest BCUT2D eigenvalue weighted by Crippen LogP contribution is 2.40. The van der Waals surface area contributed by atoms with Crippen LogP contribution in [0.25, 0.3) is 11.2 Å². The van der Waals surface area contributed by atoms with Crippen LogP contribution < -0.4 is 5.32 Å². The highest BCUT2D eigenvalue weighted by Gasteiger charge is 2.15. The van der Waals surface area contributed by atoms with E-state index in [4.69, 9.17) is 0 Å². The standard InChI is InChI=1S/C12H9Br2N5O2/c13-6-1-7(14)10(21)5(9(6)20)2-15-11-8-12(17-3-16-8)19-4-18-11/h1,3-4,20-21H,2H2,(H2,15,16,17,18,19). The summed E-state index contributed by atoms with van der Waals surface area (Å²) in [4.78, 5) is 15.2. The predicted octanol–water partition coefficient (Wildman–Crippen LogP) is 2.90. The third kappa shape index (κ3) is 2.54. The summed E-state index contributed by atoms with van der Waals surface area (Å²) >= 11 is 6.46. The zero-order chi connectivity index (χ0) is 15.0. The van der Waals surface area contributed by atoms with Crippen LogP contribution in [0, 0.1) is 0 Å². The fraction of sp³-hybridized carbons (Fsp3) is 0.0833. The topological polar surface area (TPSA) is 107 Å². The lowest BCUT2D eigenvalue weighted by Crippen LogP contribution is -2.03. The fourth-order valence-electron chi connectivity index (χ4n) is 1.88. The molecule has 0 amide bonds. The highest BCUT2D eigenvalue weighted by molar-refractivity contribution is 9.11. The number of imidazole rings is 1. The van der Waals surface area contributed by atoms with Crippen molar-refractivity contribution in [2.45, 2.75) is 6.54 Å². The Kier molecular flexibility index (Phi) is 3.68. The average Bonchev–Trinajstić information content (AvgIpc) is 2.94. The Balaban J connectivity index is 1.94. The Morgan fingerprint density at radius 1 is 1.10 bits per heavy atom. The van der Waals surface area contributed by atoms with Crippen LogP contribution in [-0.2, 0) is 6.54 Å². The Hall–Kier alpha value is -1.87. The van der Waals surface area contributed by atoms with Crippen molar-refractivity contribution >= 4 is 48.8 Å². The third-order valence-electron chi connectivity index (χ3n) is 2.93. The molecule has 4 N–H and O–H groups in total. The van der Waals surface area contributed by atoms with Gasteiger partial charge in [0, 0.05) is 6.54 Å². The number of hydrogen-bond donors (Lipinski definition) is 4. The molecule has 0 saturated heterocycles. The lowest BCUT2D eigenvalue weighted by molar-refractivity contribution is 0.435. The molecular weight excluding hydrogens is 406 g/mol. The van der Waals surface area contributed by atoms with Crippen LogP contribution in [0.4, 0.5) is 5.82 Å². The summed E-state index contributed by atoms with van der Waals surface area (Å²) in [5.74, 6) is 0.446. The maximum absolute atomic E-state index is 10.0. The van der Waals surface area contributed by atoms with Crippen molar-refractivity contribution in [3.05, 3.63) is 33.2 Å². The van der Waals surface area contributed by atoms with Crippen molar-refractivity contribution in [1.82, 2.24) is 19.9 Å². The fourth-order valence-corrected chi connectivity index (χ4v) is 3.13. The number of aromatic hydroxyl groups is 2. The lowest BCUT2D eigenvalue weighted by atomic mass is 10.1. The van der Waals surface area contributed by atoms with Crippen LogP contribution in [0.1, 0.15) is 5.56 Å². The van der Waals surface area contributed by atoms with Crippen molar-refractivity contribution in [2.75, 3.05) is 5.32 Å². The molecule has 2 aromatic heterocycles. The molecule has 0 spiro atoms. The first-order chi connectivity index (χ1) is 10.1. The van der Waals surface area contributed by atoms with Gasteiger partial charge in [-0.3, -0.25) is 0 Å². The Morgan fingerprint density at radius 3 is 2.52 bits per heavy atom. The SMILES string of the molecule is Oc1c(Br)cc(Br)c(O)c1CNc1ncnc2[nH]cnc12. The van der Waals surface area contributed by atoms with E-state index in [0.29, 0.717) is 31.5 Å². The second-order valence-corrected chi connectivity index (χ2v) is 5.90. The number of fused-ring (bicyclic) bond motifs is 1. The molecular formula is C12H9Br2N5O2. The Bertz CT molecular complexity index is 795. The zero-order valence-corrected chi connectivity index (χ0v) is 13.6. The van der Waals surface area contributed by atoms with E-state index in [1.165, 1.54) is 12.7 Å². The highest BCUT2D eigenvalue weighted by atomic mass is 79.9. The maximum Gasteiger partial charge on any atom is 0.162 e. The molecule has 3 aromatic rings. The van der Waals surface area contributed by atoms with Gasteiger partial charge in [0.1, 0.15) is 23.3 Å². The molecule has 2 heterocycles. The van der Waals surface area contributed by atoms with Gasteiger partial charge in [0.05, 0.1) is 20.8 Å². The molecule has 108 valence electrons. The number of nitrogens with one attached hydrogen (secondary N) is 2. The number of nitrogens with zero attached hydrogens (tertiary/aromatic N) is 3. The first-order valence-corrected chi connectivity index (χ1v) is 7.43. The van der Waals surface area contributed by atoms with E-state index in [2.05, 4.69) is 57.1 Å². The van der Waals surface area contributed by atoms with E-state index in [1.54, 1.807) is 6.07 Å². The number of aromatic nitrogens is 4. The van der Waals surface area contributed by atoms with Gasteiger partial charge in [0.25, 0.3) is 0 Å². The molecule has 0 bridgehead atoms. The molecule has 7 nitrogen and oxygen atoms in total. The van der Waals surface area contributed by atoms with Crippen molar-refractivity contribution in [2.24, 2.45) is 0 Å². The van der Waals surface area contributed by atoms with E-state index >= 15 is 0 Å². The molecule has 0 atom stereocenters. The molecule has 0 aliphatic carbocycles. The molecule has 3 rings (SSSR count). The number of rotatable bonds is 3. The molecule has 0 aliphatic rings. The second-order valence-electron chi connectivity index (χ2n) is 4.19. The van der Waals surface area contributed by atoms with Crippen LogP contribution in [0.15, 0.2) is 27.7 Å². The Labute approximate surface area is 135 Å².